The van der Waals surface area contributed by atoms with Crippen LogP contribution in [0.3, 0.4) is 0 Å². The number of esters is 1. The summed E-state index contributed by atoms with van der Waals surface area (Å²) in [5.74, 6) is -0.521. The molecular weight excluding hydrogens is 282 g/mol. The fourth-order valence-electron chi connectivity index (χ4n) is 3.73. The molecule has 126 valence electrons. The Balaban J connectivity index is 2.11. The Bertz CT molecular complexity index is 433. The summed E-state index contributed by atoms with van der Waals surface area (Å²) >= 11 is 0. The molecule has 0 spiro atoms. The van der Waals surface area contributed by atoms with Gasteiger partial charge in [0.25, 0.3) is 0 Å². The van der Waals surface area contributed by atoms with Crippen LogP contribution in [-0.4, -0.2) is 54.1 Å². The van der Waals surface area contributed by atoms with E-state index in [1.165, 1.54) is 7.11 Å². The summed E-state index contributed by atoms with van der Waals surface area (Å²) in [6.45, 7) is 7.01. The summed E-state index contributed by atoms with van der Waals surface area (Å²) in [5, 5.41) is 3.56. The Morgan fingerprint density at radius 3 is 2.50 bits per heavy atom. The predicted molar refractivity (Wildman–Crippen MR) is 84.1 cm³/mol. The summed E-state index contributed by atoms with van der Waals surface area (Å²) in [6, 6.07) is -0.220. The second-order valence-corrected chi connectivity index (χ2v) is 7.53. The van der Waals surface area contributed by atoms with Gasteiger partial charge in [-0.15, -0.1) is 0 Å². The summed E-state index contributed by atoms with van der Waals surface area (Å²) in [7, 11) is 1.41. The van der Waals surface area contributed by atoms with Crippen LogP contribution < -0.4 is 11.1 Å². The van der Waals surface area contributed by atoms with Crippen LogP contribution in [0.15, 0.2) is 0 Å². The molecule has 1 saturated heterocycles. The quantitative estimate of drug-likeness (QED) is 0.747. The van der Waals surface area contributed by atoms with E-state index in [0.717, 1.165) is 12.8 Å². The summed E-state index contributed by atoms with van der Waals surface area (Å²) in [4.78, 5) is 26.2. The van der Waals surface area contributed by atoms with Crippen molar-refractivity contribution in [1.29, 1.82) is 0 Å². The van der Waals surface area contributed by atoms with Crippen LogP contribution in [0.1, 0.15) is 46.5 Å². The number of hydrogen-bond donors (Lipinski definition) is 2. The summed E-state index contributed by atoms with van der Waals surface area (Å²) in [6.07, 6.45) is 3.14. The lowest BCUT2D eigenvalue weighted by molar-refractivity contribution is -0.151. The largest absolute Gasteiger partial charge is 0.469 e. The number of ether oxygens (including phenoxy) is 1. The molecule has 22 heavy (non-hydrogen) atoms. The van der Waals surface area contributed by atoms with Crippen LogP contribution in [0.25, 0.3) is 0 Å². The summed E-state index contributed by atoms with van der Waals surface area (Å²) in [5.41, 5.74) is 5.82. The average molecular weight is 311 g/mol. The summed E-state index contributed by atoms with van der Waals surface area (Å²) < 4.78 is 4.98. The monoisotopic (exact) mass is 311 g/mol. The lowest BCUT2D eigenvalue weighted by atomic mass is 9.80. The fraction of sp³-hybridized carbons (Fsp3) is 0.875. The maximum Gasteiger partial charge on any atom is 0.310 e. The normalized spacial score (nSPS) is 33.1. The van der Waals surface area contributed by atoms with Gasteiger partial charge in [-0.2, -0.15) is 0 Å². The van der Waals surface area contributed by atoms with Gasteiger partial charge in [0, 0.05) is 24.2 Å². The Labute approximate surface area is 132 Å². The molecule has 0 radical (unpaired) electrons. The van der Waals surface area contributed by atoms with Gasteiger partial charge in [0.1, 0.15) is 0 Å². The first-order chi connectivity index (χ1) is 10.2. The van der Waals surface area contributed by atoms with E-state index in [2.05, 4.69) is 26.1 Å². The molecule has 1 amide bonds. The highest BCUT2D eigenvalue weighted by molar-refractivity contribution is 5.85. The van der Waals surface area contributed by atoms with E-state index in [9.17, 15) is 9.59 Å². The second kappa shape index (κ2) is 6.54. The van der Waals surface area contributed by atoms with E-state index in [0.29, 0.717) is 19.4 Å². The molecule has 0 aromatic heterocycles. The van der Waals surface area contributed by atoms with Gasteiger partial charge >= 0.3 is 5.97 Å². The minimum Gasteiger partial charge on any atom is -0.469 e. The minimum atomic E-state index is -0.413. The number of nitrogens with two attached hydrogens (primary N) is 1. The third-order valence-electron chi connectivity index (χ3n) is 4.64. The maximum absolute atomic E-state index is 12.2. The third-order valence-corrected chi connectivity index (χ3v) is 4.64. The van der Waals surface area contributed by atoms with Crippen molar-refractivity contribution in [3.8, 4) is 0 Å². The number of rotatable bonds is 3. The molecule has 3 N–H and O–H groups in total. The van der Waals surface area contributed by atoms with E-state index in [-0.39, 0.29) is 35.4 Å². The highest BCUT2D eigenvalue weighted by atomic mass is 16.5. The number of methoxy groups -OCH3 is 1. The number of amides is 1. The smallest absolute Gasteiger partial charge is 0.310 e. The molecule has 0 bridgehead atoms. The van der Waals surface area contributed by atoms with Crippen molar-refractivity contribution in [1.82, 2.24) is 10.2 Å². The maximum atomic E-state index is 12.2. The van der Waals surface area contributed by atoms with Crippen molar-refractivity contribution in [2.45, 2.75) is 70.1 Å². The molecular formula is C16H29N3O3. The van der Waals surface area contributed by atoms with E-state index in [1.54, 1.807) is 4.90 Å². The fourth-order valence-corrected chi connectivity index (χ4v) is 3.73. The molecule has 1 aliphatic heterocycles. The SMILES string of the molecule is COC(=O)C1CC(NC(C)(C)C)CCC1N1CCC(N)C1=O. The number of nitrogens with zero attached hydrogens (tertiary/aromatic N) is 1. The number of carbonyl (C=O) groups excluding carboxylic acids is 2. The van der Waals surface area contributed by atoms with E-state index in [1.807, 2.05) is 0 Å². The molecule has 2 aliphatic rings. The highest BCUT2D eigenvalue weighted by Gasteiger charge is 2.44. The Hall–Kier alpha value is -1.14. The van der Waals surface area contributed by atoms with E-state index < -0.39 is 6.04 Å². The number of nitrogens with one attached hydrogen (secondary N) is 1. The van der Waals surface area contributed by atoms with Crippen LogP contribution in [0.2, 0.25) is 0 Å². The van der Waals surface area contributed by atoms with Crippen molar-refractivity contribution < 1.29 is 14.3 Å². The van der Waals surface area contributed by atoms with Crippen molar-refractivity contribution in [3.63, 3.8) is 0 Å². The zero-order valence-corrected chi connectivity index (χ0v) is 14.1. The zero-order chi connectivity index (χ0) is 16.5. The minimum absolute atomic E-state index is 0.00396. The van der Waals surface area contributed by atoms with Crippen molar-refractivity contribution in [3.05, 3.63) is 0 Å². The number of hydrogen-bond acceptors (Lipinski definition) is 5. The van der Waals surface area contributed by atoms with Gasteiger partial charge in [-0.25, -0.2) is 0 Å². The highest BCUT2D eigenvalue weighted by Crippen LogP contribution is 2.32. The number of likely N-dealkylation sites (tertiary alicyclic amines) is 1. The molecule has 6 heteroatoms. The van der Waals surface area contributed by atoms with Gasteiger partial charge in [0.15, 0.2) is 0 Å². The Kier molecular flexibility index (Phi) is 5.12. The standard InChI is InChI=1S/C16H29N3O3/c1-16(2,3)18-10-5-6-13(11(9-10)15(21)22-4)19-8-7-12(17)14(19)20/h10-13,18H,5-9,17H2,1-4H3. The first-order valence-electron chi connectivity index (χ1n) is 8.14. The van der Waals surface area contributed by atoms with Crippen molar-refractivity contribution >= 4 is 11.9 Å². The van der Waals surface area contributed by atoms with Gasteiger partial charge < -0.3 is 20.7 Å². The molecule has 2 rings (SSSR count). The van der Waals surface area contributed by atoms with Gasteiger partial charge in [0.2, 0.25) is 5.91 Å². The van der Waals surface area contributed by atoms with Crippen molar-refractivity contribution in [2.75, 3.05) is 13.7 Å². The molecule has 4 atom stereocenters. The molecule has 0 aromatic carbocycles. The lowest BCUT2D eigenvalue weighted by Gasteiger charge is -2.41. The Morgan fingerprint density at radius 2 is 2.00 bits per heavy atom. The zero-order valence-electron chi connectivity index (χ0n) is 14.1. The predicted octanol–water partition coefficient (Wildman–Crippen LogP) is 0.644. The van der Waals surface area contributed by atoms with Gasteiger partial charge in [-0.3, -0.25) is 9.59 Å². The average Bonchev–Trinajstić information content (AvgIpc) is 2.76. The van der Waals surface area contributed by atoms with Gasteiger partial charge in [-0.05, 0) is 46.5 Å². The first kappa shape index (κ1) is 17.2. The Morgan fingerprint density at radius 1 is 1.32 bits per heavy atom. The van der Waals surface area contributed by atoms with Crippen LogP contribution in [-0.2, 0) is 14.3 Å². The second-order valence-electron chi connectivity index (χ2n) is 7.53. The van der Waals surface area contributed by atoms with Crippen LogP contribution in [0.5, 0.6) is 0 Å². The topological polar surface area (TPSA) is 84.7 Å². The molecule has 4 unspecified atom stereocenters. The molecule has 1 heterocycles. The van der Waals surface area contributed by atoms with Crippen LogP contribution in [0, 0.1) is 5.92 Å². The van der Waals surface area contributed by atoms with E-state index in [4.69, 9.17) is 10.5 Å². The molecule has 6 nitrogen and oxygen atoms in total. The number of carbonyl (C=O) groups is 2. The molecule has 1 saturated carbocycles. The van der Waals surface area contributed by atoms with Gasteiger partial charge in [-0.1, -0.05) is 0 Å². The van der Waals surface area contributed by atoms with Gasteiger partial charge in [0.05, 0.1) is 19.1 Å². The van der Waals surface area contributed by atoms with E-state index >= 15 is 0 Å². The van der Waals surface area contributed by atoms with Crippen LogP contribution >= 0.6 is 0 Å². The lowest BCUT2D eigenvalue weighted by Crippen LogP contribution is -2.54. The third kappa shape index (κ3) is 3.79. The molecule has 1 aliphatic carbocycles. The van der Waals surface area contributed by atoms with Crippen molar-refractivity contribution in [2.24, 2.45) is 11.7 Å². The first-order valence-corrected chi connectivity index (χ1v) is 8.14. The van der Waals surface area contributed by atoms with Crippen LogP contribution in [0.4, 0.5) is 0 Å². The molecule has 2 fully saturated rings. The molecule has 0 aromatic rings.